The van der Waals surface area contributed by atoms with Gasteiger partial charge in [0.15, 0.2) is 0 Å². The number of aliphatic hydroxyl groups is 2. The minimum absolute atomic E-state index is 0.712. The Bertz CT molecular complexity index is 246. The van der Waals surface area contributed by atoms with Gasteiger partial charge >= 0.3 is 0 Å². The lowest BCUT2D eigenvalue weighted by atomic mass is 10.1. The summed E-state index contributed by atoms with van der Waals surface area (Å²) in [5, 5.41) is 21.8. The van der Waals surface area contributed by atoms with E-state index >= 15 is 0 Å². The molecule has 0 spiro atoms. The largest absolute Gasteiger partial charge is 0.379 e. The average Bonchev–Trinajstić information content (AvgIpc) is 2.54. The second-order valence-electron chi connectivity index (χ2n) is 7.03. The van der Waals surface area contributed by atoms with Crippen LogP contribution in [0.5, 0.6) is 0 Å². The molecule has 0 bridgehead atoms. The predicted molar refractivity (Wildman–Crippen MR) is 105 cm³/mol. The second-order valence-corrected chi connectivity index (χ2v) is 8.75. The Morgan fingerprint density at radius 2 is 0.913 bits per heavy atom. The number of thioether (sulfide) groups is 1. The maximum absolute atomic E-state index is 10.9. The average molecular weight is 347 g/mol. The van der Waals surface area contributed by atoms with Crippen LogP contribution in [0.15, 0.2) is 0 Å². The first-order valence-corrected chi connectivity index (χ1v) is 10.9. The summed E-state index contributed by atoms with van der Waals surface area (Å²) < 4.78 is 0. The smallest absolute Gasteiger partial charge is 0.112 e. The van der Waals surface area contributed by atoms with Crippen LogP contribution in [-0.4, -0.2) is 20.1 Å². The minimum Gasteiger partial charge on any atom is -0.379 e. The predicted octanol–water partition coefficient (Wildman–Crippen LogP) is 6.64. The van der Waals surface area contributed by atoms with Crippen molar-refractivity contribution in [1.82, 2.24) is 0 Å². The van der Waals surface area contributed by atoms with Crippen molar-refractivity contribution in [2.45, 2.75) is 127 Å². The van der Waals surface area contributed by atoms with E-state index in [1.54, 1.807) is 0 Å². The topological polar surface area (TPSA) is 40.5 Å². The molecule has 3 heteroatoms. The van der Waals surface area contributed by atoms with Gasteiger partial charge in [-0.1, -0.05) is 90.8 Å². The van der Waals surface area contributed by atoms with Gasteiger partial charge in [-0.2, -0.15) is 0 Å². The van der Waals surface area contributed by atoms with Crippen LogP contribution in [0.2, 0.25) is 0 Å². The van der Waals surface area contributed by atoms with Gasteiger partial charge < -0.3 is 10.2 Å². The second kappa shape index (κ2) is 13.5. The van der Waals surface area contributed by atoms with E-state index in [4.69, 9.17) is 0 Å². The molecule has 0 aliphatic rings. The lowest BCUT2D eigenvalue weighted by Crippen LogP contribution is -2.34. The first kappa shape index (κ1) is 23.3. The highest BCUT2D eigenvalue weighted by Crippen LogP contribution is 2.43. The van der Waals surface area contributed by atoms with Crippen LogP contribution in [0.25, 0.3) is 0 Å². The molecule has 0 aromatic heterocycles. The highest BCUT2D eigenvalue weighted by Gasteiger charge is 2.36. The van der Waals surface area contributed by atoms with Gasteiger partial charge in [0, 0.05) is 0 Å². The van der Waals surface area contributed by atoms with E-state index in [1.165, 1.54) is 63.1 Å². The van der Waals surface area contributed by atoms with Gasteiger partial charge in [0.1, 0.15) is 9.87 Å². The Morgan fingerprint density at radius 3 is 1.22 bits per heavy atom. The van der Waals surface area contributed by atoms with Gasteiger partial charge in [0.05, 0.1) is 0 Å². The standard InChI is InChI=1S/C20H42O2S/c1-5-9-11-13-15-17-19(21,7-3)23-20(22,8-4)18-16-14-12-10-6-2/h21-22H,5-18H2,1-4H3. The fourth-order valence-corrected chi connectivity index (χ4v) is 4.45. The molecule has 0 fully saturated rings. The Morgan fingerprint density at radius 1 is 0.565 bits per heavy atom. The first-order valence-electron chi connectivity index (χ1n) is 10.1. The molecule has 2 unspecified atom stereocenters. The summed E-state index contributed by atoms with van der Waals surface area (Å²) in [6.07, 6.45) is 15.1. The fourth-order valence-electron chi connectivity index (χ4n) is 2.96. The number of rotatable bonds is 16. The number of unbranched alkanes of at least 4 members (excludes halogenated alkanes) is 8. The Kier molecular flexibility index (Phi) is 13.7. The van der Waals surface area contributed by atoms with Crippen molar-refractivity contribution >= 4 is 11.8 Å². The van der Waals surface area contributed by atoms with Crippen LogP contribution in [0.1, 0.15) is 118 Å². The van der Waals surface area contributed by atoms with E-state index in [9.17, 15) is 10.2 Å². The van der Waals surface area contributed by atoms with Crippen LogP contribution >= 0.6 is 11.8 Å². The summed E-state index contributed by atoms with van der Waals surface area (Å²) >= 11 is 1.43. The van der Waals surface area contributed by atoms with Crippen molar-refractivity contribution in [3.63, 3.8) is 0 Å². The van der Waals surface area contributed by atoms with Crippen LogP contribution in [-0.2, 0) is 0 Å². The molecule has 23 heavy (non-hydrogen) atoms. The zero-order valence-corrected chi connectivity index (χ0v) is 17.0. The molecule has 0 radical (unpaired) electrons. The zero-order chi connectivity index (χ0) is 17.6. The molecule has 140 valence electrons. The van der Waals surface area contributed by atoms with E-state index in [0.29, 0.717) is 12.8 Å². The van der Waals surface area contributed by atoms with E-state index in [1.807, 2.05) is 13.8 Å². The van der Waals surface area contributed by atoms with E-state index in [-0.39, 0.29) is 0 Å². The third kappa shape index (κ3) is 11.4. The third-order valence-corrected chi connectivity index (χ3v) is 6.57. The molecule has 2 nitrogen and oxygen atoms in total. The Hall–Kier alpha value is 0.270. The van der Waals surface area contributed by atoms with E-state index in [0.717, 1.165) is 25.7 Å². The molecule has 0 aliphatic heterocycles. The lowest BCUT2D eigenvalue weighted by Gasteiger charge is -2.36. The molecule has 0 aromatic carbocycles. The number of hydrogen-bond acceptors (Lipinski definition) is 3. The van der Waals surface area contributed by atoms with Crippen molar-refractivity contribution in [2.75, 3.05) is 0 Å². The summed E-state index contributed by atoms with van der Waals surface area (Å²) in [4.78, 5) is -1.53. The van der Waals surface area contributed by atoms with Gasteiger partial charge in [0.2, 0.25) is 0 Å². The normalized spacial score (nSPS) is 17.0. The first-order chi connectivity index (χ1) is 10.9. The highest BCUT2D eigenvalue weighted by atomic mass is 32.2. The van der Waals surface area contributed by atoms with Crippen LogP contribution in [0.4, 0.5) is 0 Å². The minimum atomic E-state index is -0.763. The molecule has 0 heterocycles. The SMILES string of the molecule is CCCCCCCC(O)(CC)SC(O)(CC)CCCCCCC. The summed E-state index contributed by atoms with van der Waals surface area (Å²) in [7, 11) is 0. The van der Waals surface area contributed by atoms with Crippen LogP contribution in [0.3, 0.4) is 0 Å². The summed E-state index contributed by atoms with van der Waals surface area (Å²) in [5.41, 5.74) is 0. The monoisotopic (exact) mass is 346 g/mol. The van der Waals surface area contributed by atoms with Crippen molar-refractivity contribution in [1.29, 1.82) is 0 Å². The summed E-state index contributed by atoms with van der Waals surface area (Å²) in [5.74, 6) is 0. The number of hydrogen-bond donors (Lipinski definition) is 2. The highest BCUT2D eigenvalue weighted by molar-refractivity contribution is 8.01. The quantitative estimate of drug-likeness (QED) is 0.243. The van der Waals surface area contributed by atoms with Gasteiger partial charge in [-0.05, 0) is 38.5 Å². The van der Waals surface area contributed by atoms with Crippen molar-refractivity contribution in [2.24, 2.45) is 0 Å². The van der Waals surface area contributed by atoms with Crippen molar-refractivity contribution < 1.29 is 10.2 Å². The molecule has 0 saturated carbocycles. The van der Waals surface area contributed by atoms with E-state index < -0.39 is 9.87 Å². The lowest BCUT2D eigenvalue weighted by molar-refractivity contribution is 0.0857. The molecule has 0 rings (SSSR count). The molecule has 2 atom stereocenters. The van der Waals surface area contributed by atoms with Crippen LogP contribution < -0.4 is 0 Å². The molecular weight excluding hydrogens is 304 g/mol. The Labute approximate surface area is 149 Å². The third-order valence-electron chi connectivity index (χ3n) is 4.83. The van der Waals surface area contributed by atoms with Gasteiger partial charge in [0.25, 0.3) is 0 Å². The van der Waals surface area contributed by atoms with Gasteiger partial charge in [-0.25, -0.2) is 0 Å². The fraction of sp³-hybridized carbons (Fsp3) is 1.00. The summed E-state index contributed by atoms with van der Waals surface area (Å²) in [6.45, 7) is 8.52. The molecule has 2 N–H and O–H groups in total. The van der Waals surface area contributed by atoms with Crippen LogP contribution in [0, 0.1) is 0 Å². The van der Waals surface area contributed by atoms with Gasteiger partial charge in [-0.3, -0.25) is 0 Å². The van der Waals surface area contributed by atoms with Crippen molar-refractivity contribution in [3.05, 3.63) is 0 Å². The van der Waals surface area contributed by atoms with Crippen molar-refractivity contribution in [3.8, 4) is 0 Å². The molecule has 0 aromatic rings. The summed E-state index contributed by atoms with van der Waals surface area (Å²) in [6, 6.07) is 0. The molecule has 0 saturated heterocycles. The molecule has 0 aliphatic carbocycles. The van der Waals surface area contributed by atoms with E-state index in [2.05, 4.69) is 13.8 Å². The zero-order valence-electron chi connectivity index (χ0n) is 16.2. The molecular formula is C20H42O2S. The maximum Gasteiger partial charge on any atom is 0.112 e. The molecule has 0 amide bonds. The maximum atomic E-state index is 10.9. The van der Waals surface area contributed by atoms with Gasteiger partial charge in [-0.15, -0.1) is 0 Å². The Balaban J connectivity index is 4.27.